The molecule has 1 aromatic carbocycles. The van der Waals surface area contributed by atoms with Gasteiger partial charge in [0.15, 0.2) is 5.82 Å². The van der Waals surface area contributed by atoms with Gasteiger partial charge >= 0.3 is 0 Å². The molecule has 3 aromatic heterocycles. The minimum Gasteiger partial charge on any atom is -0.322 e. The maximum Gasteiger partial charge on any atom is 0.152 e. The molecule has 0 N–H and O–H groups in total. The van der Waals surface area contributed by atoms with E-state index in [0.717, 1.165) is 53.5 Å². The molecule has 0 fully saturated rings. The molecule has 0 amide bonds. The van der Waals surface area contributed by atoms with E-state index in [2.05, 4.69) is 56.6 Å². The molecule has 144 valence electrons. The zero-order chi connectivity index (χ0) is 19.5. The van der Waals surface area contributed by atoms with Crippen molar-refractivity contribution in [3.05, 3.63) is 60.7 Å². The van der Waals surface area contributed by atoms with Gasteiger partial charge in [0.05, 0.1) is 30.0 Å². The lowest BCUT2D eigenvalue weighted by molar-refractivity contribution is 0.613. The molecular weight excluding hydrogens is 350 g/mol. The van der Waals surface area contributed by atoms with Gasteiger partial charge in [0.2, 0.25) is 0 Å². The molecule has 7 nitrogen and oxygen atoms in total. The first-order chi connectivity index (χ1) is 13.7. The Morgan fingerprint density at radius 2 is 1.82 bits per heavy atom. The molecule has 0 bridgehead atoms. The molecule has 3 heterocycles. The van der Waals surface area contributed by atoms with Crippen molar-refractivity contribution in [2.45, 2.75) is 46.8 Å². The summed E-state index contributed by atoms with van der Waals surface area (Å²) in [6.45, 7) is 8.66. The van der Waals surface area contributed by atoms with Crippen molar-refractivity contribution >= 4 is 0 Å². The summed E-state index contributed by atoms with van der Waals surface area (Å²) in [5.74, 6) is 0.931. The topological polar surface area (TPSA) is 66.3 Å². The fourth-order valence-electron chi connectivity index (χ4n) is 3.49. The normalized spacial score (nSPS) is 11.2. The molecule has 0 saturated carbocycles. The minimum atomic E-state index is 0.617. The molecule has 0 aliphatic heterocycles. The SMILES string of the molecule is CCCn1cnnc1Cn1cnc(-c2ccccc2)c1-c1cn(CC)nc1C. The van der Waals surface area contributed by atoms with Gasteiger partial charge < -0.3 is 9.13 Å². The predicted molar refractivity (Wildman–Crippen MR) is 109 cm³/mol. The number of rotatable bonds is 7. The van der Waals surface area contributed by atoms with Crippen molar-refractivity contribution < 1.29 is 0 Å². The van der Waals surface area contributed by atoms with Gasteiger partial charge in [0.25, 0.3) is 0 Å². The van der Waals surface area contributed by atoms with E-state index in [0.29, 0.717) is 6.54 Å². The molecule has 0 atom stereocenters. The highest BCUT2D eigenvalue weighted by Crippen LogP contribution is 2.33. The third-order valence-corrected chi connectivity index (χ3v) is 4.88. The number of nitrogens with zero attached hydrogens (tertiary/aromatic N) is 7. The second-order valence-corrected chi connectivity index (χ2v) is 6.86. The van der Waals surface area contributed by atoms with E-state index in [4.69, 9.17) is 4.98 Å². The van der Waals surface area contributed by atoms with Crippen LogP contribution in [0.3, 0.4) is 0 Å². The summed E-state index contributed by atoms with van der Waals surface area (Å²) < 4.78 is 6.23. The maximum absolute atomic E-state index is 4.76. The van der Waals surface area contributed by atoms with Crippen LogP contribution in [-0.4, -0.2) is 34.1 Å². The summed E-state index contributed by atoms with van der Waals surface area (Å²) in [7, 11) is 0. The van der Waals surface area contributed by atoms with E-state index in [1.165, 1.54) is 0 Å². The zero-order valence-electron chi connectivity index (χ0n) is 16.6. The highest BCUT2D eigenvalue weighted by molar-refractivity contribution is 5.79. The van der Waals surface area contributed by atoms with E-state index < -0.39 is 0 Å². The Bertz CT molecular complexity index is 1060. The number of benzene rings is 1. The van der Waals surface area contributed by atoms with Gasteiger partial charge in [0, 0.05) is 30.4 Å². The average Bonchev–Trinajstić information content (AvgIpc) is 3.42. The van der Waals surface area contributed by atoms with Gasteiger partial charge in [-0.05, 0) is 20.3 Å². The Balaban J connectivity index is 1.84. The van der Waals surface area contributed by atoms with E-state index in [9.17, 15) is 0 Å². The highest BCUT2D eigenvalue weighted by Gasteiger charge is 2.20. The molecule has 4 rings (SSSR count). The number of aromatic nitrogens is 7. The first kappa shape index (κ1) is 18.2. The van der Waals surface area contributed by atoms with Crippen LogP contribution < -0.4 is 0 Å². The van der Waals surface area contributed by atoms with E-state index in [1.54, 1.807) is 6.33 Å². The Hall–Kier alpha value is -3.22. The van der Waals surface area contributed by atoms with Crippen molar-refractivity contribution in [3.8, 4) is 22.5 Å². The second kappa shape index (κ2) is 7.80. The first-order valence-corrected chi connectivity index (χ1v) is 9.72. The van der Waals surface area contributed by atoms with Crippen molar-refractivity contribution in [3.63, 3.8) is 0 Å². The summed E-state index contributed by atoms with van der Waals surface area (Å²) in [6, 6.07) is 10.3. The lowest BCUT2D eigenvalue weighted by Crippen LogP contribution is -2.09. The molecule has 0 saturated heterocycles. The van der Waals surface area contributed by atoms with Crippen LogP contribution in [0.2, 0.25) is 0 Å². The molecule has 0 radical (unpaired) electrons. The summed E-state index contributed by atoms with van der Waals surface area (Å²) in [6.07, 6.45) is 6.84. The molecule has 0 spiro atoms. The maximum atomic E-state index is 4.76. The Labute approximate surface area is 164 Å². The summed E-state index contributed by atoms with van der Waals surface area (Å²) in [5, 5.41) is 13.1. The first-order valence-electron chi connectivity index (χ1n) is 9.72. The largest absolute Gasteiger partial charge is 0.322 e. The van der Waals surface area contributed by atoms with Crippen molar-refractivity contribution in [2.75, 3.05) is 0 Å². The third kappa shape index (κ3) is 3.35. The molecule has 0 aliphatic rings. The van der Waals surface area contributed by atoms with Gasteiger partial charge in [-0.3, -0.25) is 4.68 Å². The minimum absolute atomic E-state index is 0.617. The Morgan fingerprint density at radius 3 is 2.54 bits per heavy atom. The lowest BCUT2D eigenvalue weighted by atomic mass is 10.1. The Morgan fingerprint density at radius 1 is 1.00 bits per heavy atom. The molecule has 28 heavy (non-hydrogen) atoms. The molecule has 4 aromatic rings. The molecule has 0 aliphatic carbocycles. The van der Waals surface area contributed by atoms with Crippen molar-refractivity contribution in [1.82, 2.24) is 34.1 Å². The number of aryl methyl sites for hydroxylation is 3. The summed E-state index contributed by atoms with van der Waals surface area (Å²) in [4.78, 5) is 4.76. The van der Waals surface area contributed by atoms with Crippen LogP contribution >= 0.6 is 0 Å². The quantitative estimate of drug-likeness (QED) is 0.493. The number of imidazole rings is 1. The highest BCUT2D eigenvalue weighted by atomic mass is 15.3. The van der Waals surface area contributed by atoms with Crippen LogP contribution in [0.1, 0.15) is 31.8 Å². The van der Waals surface area contributed by atoms with Gasteiger partial charge in [-0.15, -0.1) is 10.2 Å². The predicted octanol–water partition coefficient (Wildman–Crippen LogP) is 3.79. The summed E-state index contributed by atoms with van der Waals surface area (Å²) >= 11 is 0. The van der Waals surface area contributed by atoms with Crippen LogP contribution in [0.4, 0.5) is 0 Å². The summed E-state index contributed by atoms with van der Waals surface area (Å²) in [5.41, 5.74) is 5.21. The fourth-order valence-corrected chi connectivity index (χ4v) is 3.49. The van der Waals surface area contributed by atoms with Crippen LogP contribution in [-0.2, 0) is 19.6 Å². The number of hydrogen-bond donors (Lipinski definition) is 0. The van der Waals surface area contributed by atoms with Crippen molar-refractivity contribution in [2.24, 2.45) is 0 Å². The smallest absolute Gasteiger partial charge is 0.152 e. The standard InChI is InChI=1S/C21H25N7/c1-4-11-26-15-23-24-19(26)13-27-14-22-20(17-9-7-6-8-10-17)21(27)18-12-28(5-2)25-16(18)3/h6-10,12,14-15H,4-5,11,13H2,1-3H3. The lowest BCUT2D eigenvalue weighted by Gasteiger charge is -2.11. The Kier molecular flexibility index (Phi) is 5.06. The van der Waals surface area contributed by atoms with Crippen LogP contribution in [0.25, 0.3) is 22.5 Å². The van der Waals surface area contributed by atoms with Crippen LogP contribution in [0, 0.1) is 6.92 Å². The third-order valence-electron chi connectivity index (χ3n) is 4.88. The van der Waals surface area contributed by atoms with Gasteiger partial charge in [-0.1, -0.05) is 37.3 Å². The second-order valence-electron chi connectivity index (χ2n) is 6.86. The van der Waals surface area contributed by atoms with E-state index in [1.807, 2.05) is 36.1 Å². The van der Waals surface area contributed by atoms with Crippen molar-refractivity contribution in [1.29, 1.82) is 0 Å². The fraction of sp³-hybridized carbons (Fsp3) is 0.333. The molecular formula is C21H25N7. The average molecular weight is 375 g/mol. The molecule has 0 unspecified atom stereocenters. The van der Waals surface area contributed by atoms with E-state index >= 15 is 0 Å². The van der Waals surface area contributed by atoms with Gasteiger partial charge in [-0.2, -0.15) is 5.10 Å². The van der Waals surface area contributed by atoms with Crippen LogP contribution in [0.5, 0.6) is 0 Å². The van der Waals surface area contributed by atoms with Gasteiger partial charge in [0.1, 0.15) is 6.33 Å². The van der Waals surface area contributed by atoms with E-state index in [-0.39, 0.29) is 0 Å². The molecule has 7 heteroatoms. The number of hydrogen-bond acceptors (Lipinski definition) is 4. The van der Waals surface area contributed by atoms with Crippen LogP contribution in [0.15, 0.2) is 49.2 Å². The zero-order valence-corrected chi connectivity index (χ0v) is 16.6. The van der Waals surface area contributed by atoms with Gasteiger partial charge in [-0.25, -0.2) is 4.98 Å². The monoisotopic (exact) mass is 375 g/mol.